The van der Waals surface area contributed by atoms with Crippen LogP contribution in [-0.2, 0) is 0 Å². The Bertz CT molecular complexity index is 200. The van der Waals surface area contributed by atoms with Gasteiger partial charge in [0.2, 0.25) is 0 Å². The third kappa shape index (κ3) is 2.50. The smallest absolute Gasteiger partial charge is 0.00984 e. The first-order chi connectivity index (χ1) is 6.13. The van der Waals surface area contributed by atoms with Gasteiger partial charge in [0.15, 0.2) is 0 Å². The summed E-state index contributed by atoms with van der Waals surface area (Å²) in [4.78, 5) is 0. The maximum Gasteiger partial charge on any atom is 0.00984 e. The molecule has 84 valence electrons. The highest BCUT2D eigenvalue weighted by atomic mass is 14.7. The molecule has 3 unspecified atom stereocenters. The Morgan fingerprint density at radius 3 is 2.07 bits per heavy atom. The van der Waals surface area contributed by atoms with E-state index < -0.39 is 0 Å². The summed E-state index contributed by atoms with van der Waals surface area (Å²) >= 11 is 0. The lowest BCUT2D eigenvalue weighted by atomic mass is 9.72. The van der Waals surface area contributed by atoms with Gasteiger partial charge in [-0.1, -0.05) is 41.5 Å². The Labute approximate surface area is 89.5 Å². The molecule has 2 N–H and O–H groups in total. The average molecular weight is 197 g/mol. The molecule has 1 saturated carbocycles. The molecule has 0 saturated heterocycles. The molecule has 14 heavy (non-hydrogen) atoms. The summed E-state index contributed by atoms with van der Waals surface area (Å²) in [6.45, 7) is 14.0. The third-order valence-electron chi connectivity index (χ3n) is 3.81. The largest absolute Gasteiger partial charge is 0.327 e. The fraction of sp³-hybridized carbons (Fsp3) is 1.00. The van der Waals surface area contributed by atoms with Gasteiger partial charge in [-0.3, -0.25) is 0 Å². The highest BCUT2D eigenvalue weighted by Gasteiger charge is 2.45. The molecular weight excluding hydrogens is 170 g/mol. The fourth-order valence-electron chi connectivity index (χ4n) is 3.11. The van der Waals surface area contributed by atoms with Crippen molar-refractivity contribution in [3.63, 3.8) is 0 Å². The van der Waals surface area contributed by atoms with Crippen LogP contribution in [0.5, 0.6) is 0 Å². The summed E-state index contributed by atoms with van der Waals surface area (Å²) in [5, 5.41) is 0. The summed E-state index contributed by atoms with van der Waals surface area (Å²) in [6.07, 6.45) is 2.54. The van der Waals surface area contributed by atoms with Crippen molar-refractivity contribution in [3.05, 3.63) is 0 Å². The first-order valence-corrected chi connectivity index (χ1v) is 5.89. The van der Waals surface area contributed by atoms with Crippen LogP contribution in [0.3, 0.4) is 0 Å². The standard InChI is InChI=1S/C13H27N/c1-9-7-13(5,6)10(11(9)14)8-12(2,3)4/h9-11H,7-8,14H2,1-6H3. The van der Waals surface area contributed by atoms with E-state index in [0.29, 0.717) is 28.7 Å². The molecule has 0 heterocycles. The van der Waals surface area contributed by atoms with Gasteiger partial charge < -0.3 is 5.73 Å². The number of rotatable bonds is 1. The molecule has 0 aromatic heterocycles. The van der Waals surface area contributed by atoms with Gasteiger partial charge in [0.25, 0.3) is 0 Å². The van der Waals surface area contributed by atoms with Crippen LogP contribution in [-0.4, -0.2) is 6.04 Å². The summed E-state index contributed by atoms with van der Waals surface area (Å²) in [5.74, 6) is 1.38. The fourth-order valence-corrected chi connectivity index (χ4v) is 3.11. The Morgan fingerprint density at radius 1 is 1.29 bits per heavy atom. The second-order valence-corrected chi connectivity index (χ2v) is 7.12. The summed E-state index contributed by atoms with van der Waals surface area (Å²) in [7, 11) is 0. The van der Waals surface area contributed by atoms with Gasteiger partial charge in [0.1, 0.15) is 0 Å². The molecule has 0 spiro atoms. The number of hydrogen-bond acceptors (Lipinski definition) is 1. The Morgan fingerprint density at radius 2 is 1.79 bits per heavy atom. The number of nitrogens with two attached hydrogens (primary N) is 1. The lowest BCUT2D eigenvalue weighted by Gasteiger charge is -2.34. The Hall–Kier alpha value is -0.0400. The molecule has 0 aromatic rings. The van der Waals surface area contributed by atoms with Crippen LogP contribution < -0.4 is 5.73 Å². The molecule has 0 aromatic carbocycles. The van der Waals surface area contributed by atoms with Crippen molar-refractivity contribution in [2.75, 3.05) is 0 Å². The molecule has 0 amide bonds. The van der Waals surface area contributed by atoms with Crippen molar-refractivity contribution in [1.82, 2.24) is 0 Å². The summed E-state index contributed by atoms with van der Waals surface area (Å²) in [5.41, 5.74) is 7.15. The van der Waals surface area contributed by atoms with E-state index in [1.807, 2.05) is 0 Å². The van der Waals surface area contributed by atoms with Gasteiger partial charge in [-0.15, -0.1) is 0 Å². The van der Waals surface area contributed by atoms with Crippen LogP contribution >= 0.6 is 0 Å². The molecule has 1 rings (SSSR count). The van der Waals surface area contributed by atoms with Crippen molar-refractivity contribution in [3.8, 4) is 0 Å². The Kier molecular flexibility index (Phi) is 3.02. The Balaban J connectivity index is 2.76. The van der Waals surface area contributed by atoms with Gasteiger partial charge in [-0.05, 0) is 35.5 Å². The predicted molar refractivity (Wildman–Crippen MR) is 63.1 cm³/mol. The van der Waals surface area contributed by atoms with Crippen LogP contribution in [0.1, 0.15) is 54.4 Å². The molecule has 0 bridgehead atoms. The second-order valence-electron chi connectivity index (χ2n) is 7.12. The van der Waals surface area contributed by atoms with Gasteiger partial charge in [-0.2, -0.15) is 0 Å². The zero-order chi connectivity index (χ0) is 11.1. The third-order valence-corrected chi connectivity index (χ3v) is 3.81. The van der Waals surface area contributed by atoms with E-state index in [1.165, 1.54) is 12.8 Å². The summed E-state index contributed by atoms with van der Waals surface area (Å²) < 4.78 is 0. The van der Waals surface area contributed by atoms with E-state index in [-0.39, 0.29) is 0 Å². The van der Waals surface area contributed by atoms with E-state index in [1.54, 1.807) is 0 Å². The van der Waals surface area contributed by atoms with Crippen LogP contribution in [0.25, 0.3) is 0 Å². The molecule has 1 heteroatoms. The van der Waals surface area contributed by atoms with E-state index in [0.717, 1.165) is 0 Å². The van der Waals surface area contributed by atoms with Crippen LogP contribution in [0.15, 0.2) is 0 Å². The van der Waals surface area contributed by atoms with Crippen molar-refractivity contribution < 1.29 is 0 Å². The van der Waals surface area contributed by atoms with Crippen molar-refractivity contribution in [1.29, 1.82) is 0 Å². The minimum atomic E-state index is 0.406. The minimum Gasteiger partial charge on any atom is -0.327 e. The van der Waals surface area contributed by atoms with Gasteiger partial charge in [-0.25, -0.2) is 0 Å². The van der Waals surface area contributed by atoms with E-state index in [9.17, 15) is 0 Å². The maximum absolute atomic E-state index is 6.31. The van der Waals surface area contributed by atoms with Gasteiger partial charge >= 0.3 is 0 Å². The molecular formula is C13H27N. The normalized spacial score (nSPS) is 37.5. The first kappa shape index (κ1) is 12.0. The molecule has 1 aliphatic rings. The van der Waals surface area contributed by atoms with Gasteiger partial charge in [0.05, 0.1) is 0 Å². The monoisotopic (exact) mass is 197 g/mol. The van der Waals surface area contributed by atoms with Crippen LogP contribution in [0.2, 0.25) is 0 Å². The zero-order valence-electron chi connectivity index (χ0n) is 10.7. The van der Waals surface area contributed by atoms with Crippen LogP contribution in [0, 0.1) is 22.7 Å². The highest BCUT2D eigenvalue weighted by Crippen LogP contribution is 2.49. The predicted octanol–water partition coefficient (Wildman–Crippen LogP) is 3.43. The maximum atomic E-state index is 6.31. The molecule has 1 aliphatic carbocycles. The number of hydrogen-bond donors (Lipinski definition) is 1. The van der Waals surface area contributed by atoms with Crippen LogP contribution in [0.4, 0.5) is 0 Å². The van der Waals surface area contributed by atoms with E-state index in [2.05, 4.69) is 41.5 Å². The summed E-state index contributed by atoms with van der Waals surface area (Å²) in [6, 6.07) is 0.407. The molecule has 1 fully saturated rings. The molecule has 1 nitrogen and oxygen atoms in total. The quantitative estimate of drug-likeness (QED) is 0.684. The lowest BCUT2D eigenvalue weighted by molar-refractivity contribution is 0.170. The molecule has 3 atom stereocenters. The highest BCUT2D eigenvalue weighted by molar-refractivity contribution is 4.98. The van der Waals surface area contributed by atoms with E-state index >= 15 is 0 Å². The second kappa shape index (κ2) is 3.52. The SMILES string of the molecule is CC1CC(C)(C)C(CC(C)(C)C)C1N. The lowest BCUT2D eigenvalue weighted by Crippen LogP contribution is -2.36. The molecule has 0 aliphatic heterocycles. The first-order valence-electron chi connectivity index (χ1n) is 5.89. The van der Waals surface area contributed by atoms with Crippen molar-refractivity contribution in [2.24, 2.45) is 28.4 Å². The van der Waals surface area contributed by atoms with Crippen molar-refractivity contribution >= 4 is 0 Å². The minimum absolute atomic E-state index is 0.406. The zero-order valence-corrected chi connectivity index (χ0v) is 10.7. The topological polar surface area (TPSA) is 26.0 Å². The average Bonchev–Trinajstić information content (AvgIpc) is 2.10. The van der Waals surface area contributed by atoms with E-state index in [4.69, 9.17) is 5.73 Å². The van der Waals surface area contributed by atoms with Crippen molar-refractivity contribution in [2.45, 2.75) is 60.4 Å². The molecule has 0 radical (unpaired) electrons. The van der Waals surface area contributed by atoms with Gasteiger partial charge in [0, 0.05) is 6.04 Å².